The molecule has 0 radical (unpaired) electrons. The van der Waals surface area contributed by atoms with Crippen LogP contribution < -0.4 is 10.1 Å². The summed E-state index contributed by atoms with van der Waals surface area (Å²) >= 11 is 5.82. The number of ether oxygens (including phenoxy) is 1. The van der Waals surface area contributed by atoms with Crippen molar-refractivity contribution in [3.8, 4) is 5.75 Å². The lowest BCUT2D eigenvalue weighted by molar-refractivity contribution is -0.274. The van der Waals surface area contributed by atoms with E-state index in [1.807, 2.05) is 0 Å². The van der Waals surface area contributed by atoms with Crippen LogP contribution >= 0.6 is 11.6 Å². The Kier molecular flexibility index (Phi) is 8.41. The highest BCUT2D eigenvalue weighted by atomic mass is 35.5. The predicted molar refractivity (Wildman–Crippen MR) is 135 cm³/mol. The standard InChI is InChI=1S/C25H30ClF3N4O7/c1-14-21(36)33(17(22(37)38)3-5-20(35)31-9-8-24(6-7-24)19(34)13-31)11-10-32(14)23(39)30-15-2-4-18(16(26)12-15)40-25(27,28)29/h2,4,12,14,17,19,34H,3,5-11,13H2,1H3,(H,30,39)(H,37,38). The summed E-state index contributed by atoms with van der Waals surface area (Å²) in [6, 6.07) is 0.0738. The van der Waals surface area contributed by atoms with Gasteiger partial charge in [-0.05, 0) is 56.2 Å². The number of piperazine rings is 1. The van der Waals surface area contributed by atoms with Crippen molar-refractivity contribution in [2.45, 2.75) is 63.6 Å². The number of rotatable bonds is 7. The molecule has 3 aliphatic rings. The van der Waals surface area contributed by atoms with E-state index in [9.17, 15) is 42.6 Å². The number of carbonyl (C=O) groups is 4. The van der Waals surface area contributed by atoms with Crippen molar-refractivity contribution in [1.29, 1.82) is 0 Å². The Morgan fingerprint density at radius 1 is 1.20 bits per heavy atom. The van der Waals surface area contributed by atoms with Gasteiger partial charge in [0.15, 0.2) is 0 Å². The van der Waals surface area contributed by atoms with Gasteiger partial charge >= 0.3 is 18.4 Å². The fourth-order valence-electron chi connectivity index (χ4n) is 5.28. The number of anilines is 1. The van der Waals surface area contributed by atoms with Crippen LogP contribution in [0.1, 0.15) is 39.0 Å². The number of benzene rings is 1. The van der Waals surface area contributed by atoms with Gasteiger partial charge in [-0.25, -0.2) is 9.59 Å². The maximum absolute atomic E-state index is 13.1. The van der Waals surface area contributed by atoms with Gasteiger partial charge in [0.05, 0.1) is 11.1 Å². The Hall–Kier alpha value is -3.26. The van der Waals surface area contributed by atoms with E-state index >= 15 is 0 Å². The van der Waals surface area contributed by atoms with E-state index < -0.39 is 53.2 Å². The number of alkyl halides is 3. The highest BCUT2D eigenvalue weighted by molar-refractivity contribution is 6.32. The summed E-state index contributed by atoms with van der Waals surface area (Å²) in [5.41, 5.74) is -0.0180. The molecule has 220 valence electrons. The van der Waals surface area contributed by atoms with Gasteiger partial charge in [-0.1, -0.05) is 11.6 Å². The number of aliphatic hydroxyl groups is 1. The zero-order valence-corrected chi connectivity index (χ0v) is 22.4. The summed E-state index contributed by atoms with van der Waals surface area (Å²) in [4.78, 5) is 54.6. The van der Waals surface area contributed by atoms with Crippen molar-refractivity contribution in [2.24, 2.45) is 5.41 Å². The molecule has 0 aromatic heterocycles. The van der Waals surface area contributed by atoms with Gasteiger partial charge in [0.2, 0.25) is 11.8 Å². The number of piperidine rings is 1. The zero-order chi connectivity index (χ0) is 29.4. The molecule has 1 saturated carbocycles. The fraction of sp³-hybridized carbons (Fsp3) is 0.600. The number of nitrogens with one attached hydrogen (secondary N) is 1. The van der Waals surface area contributed by atoms with E-state index in [1.165, 1.54) is 16.7 Å². The molecule has 1 aliphatic carbocycles. The molecule has 2 saturated heterocycles. The largest absolute Gasteiger partial charge is 0.573 e. The van der Waals surface area contributed by atoms with Gasteiger partial charge in [0, 0.05) is 38.3 Å². The molecule has 3 unspecified atom stereocenters. The van der Waals surface area contributed by atoms with E-state index in [4.69, 9.17) is 11.6 Å². The molecular formula is C25H30ClF3N4O7. The number of carboxylic acid groups (broad SMARTS) is 1. The Morgan fingerprint density at radius 2 is 1.90 bits per heavy atom. The Morgan fingerprint density at radius 3 is 2.48 bits per heavy atom. The minimum atomic E-state index is -4.94. The normalized spacial score (nSPS) is 23.1. The second-order valence-electron chi connectivity index (χ2n) is 10.4. The van der Waals surface area contributed by atoms with Gasteiger partial charge in [-0.15, -0.1) is 13.2 Å². The summed E-state index contributed by atoms with van der Waals surface area (Å²) in [6.07, 6.45) is -3.18. The highest BCUT2D eigenvalue weighted by Crippen LogP contribution is 2.53. The van der Waals surface area contributed by atoms with E-state index in [1.54, 1.807) is 0 Å². The third-order valence-electron chi connectivity index (χ3n) is 7.88. The van der Waals surface area contributed by atoms with Crippen LogP contribution in [0.5, 0.6) is 5.75 Å². The molecule has 1 spiro atoms. The first-order valence-electron chi connectivity index (χ1n) is 12.8. The smallest absolute Gasteiger partial charge is 0.480 e. The van der Waals surface area contributed by atoms with Gasteiger partial charge in [0.1, 0.15) is 17.8 Å². The third-order valence-corrected chi connectivity index (χ3v) is 8.17. The van der Waals surface area contributed by atoms with Crippen molar-refractivity contribution in [3.05, 3.63) is 23.2 Å². The van der Waals surface area contributed by atoms with Crippen LogP contribution in [-0.2, 0) is 14.4 Å². The molecule has 4 amide bonds. The number of β-amino-alcohol motifs (C(OH)–C–C–N with tert-alkyl or cyclic N) is 1. The number of carbonyl (C=O) groups excluding carboxylic acids is 3. The van der Waals surface area contributed by atoms with Gasteiger partial charge in [-0.2, -0.15) is 0 Å². The van der Waals surface area contributed by atoms with E-state index in [0.717, 1.165) is 35.9 Å². The monoisotopic (exact) mass is 590 g/mol. The molecule has 1 aromatic carbocycles. The number of aliphatic hydroxyl groups excluding tert-OH is 1. The number of likely N-dealkylation sites (tertiary alicyclic amines) is 1. The first-order chi connectivity index (χ1) is 18.7. The van der Waals surface area contributed by atoms with Crippen molar-refractivity contribution >= 4 is 41.1 Å². The summed E-state index contributed by atoms with van der Waals surface area (Å²) in [7, 11) is 0. The van der Waals surface area contributed by atoms with E-state index in [-0.39, 0.29) is 49.5 Å². The molecule has 2 heterocycles. The van der Waals surface area contributed by atoms with Crippen molar-refractivity contribution in [2.75, 3.05) is 31.5 Å². The first kappa shape index (κ1) is 29.7. The molecule has 40 heavy (non-hydrogen) atoms. The molecule has 3 atom stereocenters. The predicted octanol–water partition coefficient (Wildman–Crippen LogP) is 2.91. The number of carboxylic acids is 1. The number of hydrogen-bond acceptors (Lipinski definition) is 6. The Balaban J connectivity index is 1.33. The number of halogens is 4. The van der Waals surface area contributed by atoms with Crippen molar-refractivity contribution in [3.63, 3.8) is 0 Å². The maximum atomic E-state index is 13.1. The molecule has 3 fully saturated rings. The minimum Gasteiger partial charge on any atom is -0.480 e. The summed E-state index contributed by atoms with van der Waals surface area (Å²) in [5, 5.41) is 22.2. The van der Waals surface area contributed by atoms with Gasteiger partial charge in [0.25, 0.3) is 0 Å². The first-order valence-corrected chi connectivity index (χ1v) is 13.2. The molecule has 2 aliphatic heterocycles. The third kappa shape index (κ3) is 6.54. The molecule has 11 nitrogen and oxygen atoms in total. The molecule has 15 heteroatoms. The second-order valence-corrected chi connectivity index (χ2v) is 10.8. The van der Waals surface area contributed by atoms with E-state index in [2.05, 4.69) is 10.1 Å². The summed E-state index contributed by atoms with van der Waals surface area (Å²) in [6.45, 7) is 2.00. The van der Waals surface area contributed by atoms with Crippen LogP contribution in [0.3, 0.4) is 0 Å². The van der Waals surface area contributed by atoms with Crippen LogP contribution in [0.2, 0.25) is 5.02 Å². The lowest BCUT2D eigenvalue weighted by atomic mass is 9.90. The van der Waals surface area contributed by atoms with Crippen LogP contribution in [-0.4, -0.2) is 99.5 Å². The number of amides is 4. The SMILES string of the molecule is CC1C(=O)N(C(CCC(=O)N2CCC3(CC3)C(O)C2)C(=O)O)CCN1C(=O)Nc1ccc(OC(F)(F)F)c(Cl)c1. The molecule has 0 bridgehead atoms. The van der Waals surface area contributed by atoms with Gasteiger partial charge < -0.3 is 35.0 Å². The number of hydrogen-bond donors (Lipinski definition) is 3. The lowest BCUT2D eigenvalue weighted by Crippen LogP contribution is -2.62. The van der Waals surface area contributed by atoms with Crippen LogP contribution in [0.25, 0.3) is 0 Å². The number of urea groups is 1. The average molecular weight is 591 g/mol. The van der Waals surface area contributed by atoms with Gasteiger partial charge in [-0.3, -0.25) is 9.59 Å². The molecule has 4 rings (SSSR count). The number of aliphatic carboxylic acids is 1. The number of nitrogens with zero attached hydrogens (tertiary/aromatic N) is 3. The molecule has 1 aromatic rings. The zero-order valence-electron chi connectivity index (χ0n) is 21.6. The van der Waals surface area contributed by atoms with E-state index in [0.29, 0.717) is 13.0 Å². The second kappa shape index (κ2) is 11.3. The Labute approximate surface area is 232 Å². The van der Waals surface area contributed by atoms with Crippen LogP contribution in [0, 0.1) is 5.41 Å². The molecule has 3 N–H and O–H groups in total. The van der Waals surface area contributed by atoms with Crippen molar-refractivity contribution in [1.82, 2.24) is 14.7 Å². The Bertz CT molecular complexity index is 1180. The lowest BCUT2D eigenvalue weighted by Gasteiger charge is -2.41. The maximum Gasteiger partial charge on any atom is 0.573 e. The van der Waals surface area contributed by atoms with Crippen molar-refractivity contribution < 1.29 is 47.3 Å². The minimum absolute atomic E-state index is 0.0279. The molecular weight excluding hydrogens is 561 g/mol. The average Bonchev–Trinajstić information content (AvgIpc) is 3.64. The fourth-order valence-corrected chi connectivity index (χ4v) is 5.50. The summed E-state index contributed by atoms with van der Waals surface area (Å²) < 4.78 is 41.1. The van der Waals surface area contributed by atoms with Crippen LogP contribution in [0.15, 0.2) is 18.2 Å². The topological polar surface area (TPSA) is 140 Å². The van der Waals surface area contributed by atoms with Crippen LogP contribution in [0.4, 0.5) is 23.7 Å². The summed E-state index contributed by atoms with van der Waals surface area (Å²) in [5.74, 6) is -2.84. The highest BCUT2D eigenvalue weighted by Gasteiger charge is 2.52. The quantitative estimate of drug-likeness (QED) is 0.444.